The molecule has 1 atom stereocenters. The quantitative estimate of drug-likeness (QED) is 0.362. The number of rotatable bonds is 10. The van der Waals surface area contributed by atoms with Crippen LogP contribution in [0.4, 0.5) is 0 Å². The van der Waals surface area contributed by atoms with E-state index < -0.39 is 17.4 Å². The average molecular weight is 495 g/mol. The number of hydrogen-bond acceptors (Lipinski definition) is 6. The van der Waals surface area contributed by atoms with Crippen molar-refractivity contribution >= 4 is 11.2 Å². The number of aryl methyl sites for hydroxylation is 1. The predicted molar refractivity (Wildman–Crippen MR) is 138 cm³/mol. The van der Waals surface area contributed by atoms with E-state index in [2.05, 4.69) is 25.8 Å². The normalized spacial score (nSPS) is 12.8. The van der Waals surface area contributed by atoms with Gasteiger partial charge in [-0.2, -0.15) is 0 Å². The monoisotopic (exact) mass is 494 g/mol. The van der Waals surface area contributed by atoms with Gasteiger partial charge in [0.2, 0.25) is 0 Å². The van der Waals surface area contributed by atoms with Crippen LogP contribution < -0.4 is 16.0 Å². The van der Waals surface area contributed by atoms with Gasteiger partial charge in [0.1, 0.15) is 24.2 Å². The third kappa shape index (κ3) is 5.46. The van der Waals surface area contributed by atoms with E-state index in [0.29, 0.717) is 35.8 Å². The highest BCUT2D eigenvalue weighted by Gasteiger charge is 2.21. The van der Waals surface area contributed by atoms with Gasteiger partial charge >= 0.3 is 5.69 Å². The lowest BCUT2D eigenvalue weighted by molar-refractivity contribution is 0.0901. The maximum Gasteiger partial charge on any atom is 0.332 e. The van der Waals surface area contributed by atoms with Crippen molar-refractivity contribution in [3.05, 3.63) is 81.2 Å². The number of hydrogen-bond donors (Lipinski definition) is 1. The first-order chi connectivity index (χ1) is 17.2. The van der Waals surface area contributed by atoms with Crippen LogP contribution in [0.1, 0.15) is 51.9 Å². The van der Waals surface area contributed by atoms with E-state index in [1.165, 1.54) is 10.1 Å². The Labute approximate surface area is 209 Å². The molecule has 0 saturated heterocycles. The van der Waals surface area contributed by atoms with Crippen LogP contribution in [-0.2, 0) is 25.0 Å². The number of fused-ring (bicyclic) bond motifs is 1. The lowest BCUT2D eigenvalue weighted by atomic mass is 9.87. The highest BCUT2D eigenvalue weighted by atomic mass is 16.5. The average Bonchev–Trinajstić information content (AvgIpc) is 3.51. The SMILES string of the molecule is CCCCn1c(=O)n(C[C@@H](O)COc2ccc(C(C)(C)C)cc2)c(=O)c2c1ncn2Cc1ccco1. The second-order valence-corrected chi connectivity index (χ2v) is 10.1. The van der Waals surface area contributed by atoms with Gasteiger partial charge in [0.05, 0.1) is 25.7 Å². The molecule has 0 bridgehead atoms. The summed E-state index contributed by atoms with van der Waals surface area (Å²) in [6.45, 7) is 8.92. The van der Waals surface area contributed by atoms with Crippen molar-refractivity contribution in [3.63, 3.8) is 0 Å². The van der Waals surface area contributed by atoms with E-state index in [0.717, 1.165) is 17.4 Å². The molecule has 0 aliphatic carbocycles. The summed E-state index contributed by atoms with van der Waals surface area (Å²) in [4.78, 5) is 31.1. The summed E-state index contributed by atoms with van der Waals surface area (Å²) in [6.07, 6.45) is 3.69. The van der Waals surface area contributed by atoms with E-state index in [4.69, 9.17) is 9.15 Å². The van der Waals surface area contributed by atoms with E-state index in [1.54, 1.807) is 23.2 Å². The number of aliphatic hydroxyl groups excluding tert-OH is 1. The van der Waals surface area contributed by atoms with Gasteiger partial charge in [-0.1, -0.05) is 46.2 Å². The molecular formula is C27H34N4O5. The minimum Gasteiger partial charge on any atom is -0.491 e. The smallest absolute Gasteiger partial charge is 0.332 e. The Kier molecular flexibility index (Phi) is 7.49. The minimum atomic E-state index is -1.06. The van der Waals surface area contributed by atoms with E-state index >= 15 is 0 Å². The molecule has 0 fully saturated rings. The zero-order chi connectivity index (χ0) is 25.9. The van der Waals surface area contributed by atoms with Crippen LogP contribution >= 0.6 is 0 Å². The molecule has 0 saturated carbocycles. The summed E-state index contributed by atoms with van der Waals surface area (Å²) in [5.74, 6) is 1.28. The zero-order valence-electron chi connectivity index (χ0n) is 21.3. The van der Waals surface area contributed by atoms with Gasteiger partial charge in [0.25, 0.3) is 5.56 Å². The minimum absolute atomic E-state index is 0.0268. The van der Waals surface area contributed by atoms with Crippen LogP contribution in [0.5, 0.6) is 5.75 Å². The molecule has 1 N–H and O–H groups in total. The molecule has 9 nitrogen and oxygen atoms in total. The first kappa shape index (κ1) is 25.5. The van der Waals surface area contributed by atoms with E-state index in [-0.39, 0.29) is 18.6 Å². The number of imidazole rings is 1. The van der Waals surface area contributed by atoms with Crippen LogP contribution in [0.3, 0.4) is 0 Å². The first-order valence-corrected chi connectivity index (χ1v) is 12.3. The summed E-state index contributed by atoms with van der Waals surface area (Å²) < 4.78 is 15.4. The molecule has 36 heavy (non-hydrogen) atoms. The molecule has 9 heteroatoms. The Morgan fingerprint density at radius 1 is 1.11 bits per heavy atom. The van der Waals surface area contributed by atoms with Crippen LogP contribution in [0.2, 0.25) is 0 Å². The second kappa shape index (κ2) is 10.6. The number of ether oxygens (including phenoxy) is 1. The number of aromatic nitrogens is 4. The number of benzene rings is 1. The summed E-state index contributed by atoms with van der Waals surface area (Å²) >= 11 is 0. The molecule has 0 radical (unpaired) electrons. The fraction of sp³-hybridized carbons (Fsp3) is 0.444. The van der Waals surface area contributed by atoms with Gasteiger partial charge in [0.15, 0.2) is 11.2 Å². The Balaban J connectivity index is 1.60. The molecular weight excluding hydrogens is 460 g/mol. The molecule has 0 unspecified atom stereocenters. The molecule has 0 aliphatic heterocycles. The van der Waals surface area contributed by atoms with Crippen LogP contribution in [0.25, 0.3) is 11.2 Å². The molecule has 1 aromatic carbocycles. The number of furan rings is 1. The highest BCUT2D eigenvalue weighted by molar-refractivity contribution is 5.70. The van der Waals surface area contributed by atoms with Gasteiger partial charge in [-0.05, 0) is 41.7 Å². The molecule has 3 aromatic heterocycles. The largest absolute Gasteiger partial charge is 0.491 e. The van der Waals surface area contributed by atoms with E-state index in [1.807, 2.05) is 37.3 Å². The summed E-state index contributed by atoms with van der Waals surface area (Å²) in [7, 11) is 0. The molecule has 0 spiro atoms. The first-order valence-electron chi connectivity index (χ1n) is 12.3. The Morgan fingerprint density at radius 3 is 2.50 bits per heavy atom. The van der Waals surface area contributed by atoms with Crippen molar-refractivity contribution in [2.24, 2.45) is 0 Å². The Bertz CT molecular complexity index is 1410. The van der Waals surface area contributed by atoms with Gasteiger partial charge in [-0.25, -0.2) is 9.78 Å². The third-order valence-corrected chi connectivity index (χ3v) is 6.18. The number of nitrogens with zero attached hydrogens (tertiary/aromatic N) is 4. The number of aliphatic hydroxyl groups is 1. The fourth-order valence-corrected chi connectivity index (χ4v) is 4.11. The van der Waals surface area contributed by atoms with Crippen molar-refractivity contribution in [1.82, 2.24) is 18.7 Å². The van der Waals surface area contributed by atoms with Crippen molar-refractivity contribution in [3.8, 4) is 5.75 Å². The van der Waals surface area contributed by atoms with Crippen LogP contribution in [0, 0.1) is 0 Å². The van der Waals surface area contributed by atoms with Gasteiger partial charge in [-0.3, -0.25) is 13.9 Å². The predicted octanol–water partition coefficient (Wildman–Crippen LogP) is 3.54. The lowest BCUT2D eigenvalue weighted by Crippen LogP contribution is -2.44. The number of unbranched alkanes of at least 4 members (excludes halogenated alkanes) is 1. The van der Waals surface area contributed by atoms with Crippen molar-refractivity contribution < 1.29 is 14.3 Å². The Hall–Kier alpha value is -3.59. The van der Waals surface area contributed by atoms with Crippen molar-refractivity contribution in [1.29, 1.82) is 0 Å². The van der Waals surface area contributed by atoms with Crippen LogP contribution in [0.15, 0.2) is 63.0 Å². The highest BCUT2D eigenvalue weighted by Crippen LogP contribution is 2.24. The molecule has 4 rings (SSSR count). The molecule has 4 aromatic rings. The van der Waals surface area contributed by atoms with Crippen molar-refractivity contribution in [2.45, 2.75) is 71.7 Å². The Morgan fingerprint density at radius 2 is 1.86 bits per heavy atom. The second-order valence-electron chi connectivity index (χ2n) is 10.1. The van der Waals surface area contributed by atoms with E-state index in [9.17, 15) is 14.7 Å². The summed E-state index contributed by atoms with van der Waals surface area (Å²) in [5.41, 5.74) is 0.852. The zero-order valence-corrected chi connectivity index (χ0v) is 21.3. The van der Waals surface area contributed by atoms with Crippen LogP contribution in [-0.4, -0.2) is 36.5 Å². The maximum absolute atomic E-state index is 13.4. The van der Waals surface area contributed by atoms with Gasteiger partial charge in [0, 0.05) is 6.54 Å². The standard InChI is InChI=1S/C27H34N4O5/c1-5-6-13-30-24-23(29(18-28-24)16-22-8-7-14-35-22)25(33)31(26(30)34)15-20(32)17-36-21-11-9-19(10-12-21)27(2,3)4/h7-12,14,18,20,32H,5-6,13,15-17H2,1-4H3/t20-/m1/s1. The maximum atomic E-state index is 13.4. The summed E-state index contributed by atoms with van der Waals surface area (Å²) in [6, 6.07) is 11.3. The molecule has 0 aliphatic rings. The molecule has 192 valence electrons. The van der Waals surface area contributed by atoms with Gasteiger partial charge < -0.3 is 18.8 Å². The molecule has 0 amide bonds. The lowest BCUT2D eigenvalue weighted by Gasteiger charge is -2.19. The summed E-state index contributed by atoms with van der Waals surface area (Å²) in [5, 5.41) is 10.7. The van der Waals surface area contributed by atoms with Crippen molar-refractivity contribution in [2.75, 3.05) is 6.61 Å². The molecule has 3 heterocycles. The van der Waals surface area contributed by atoms with Gasteiger partial charge in [-0.15, -0.1) is 0 Å². The fourth-order valence-electron chi connectivity index (χ4n) is 4.11. The topological polar surface area (TPSA) is 104 Å². The third-order valence-electron chi connectivity index (χ3n) is 6.18.